The van der Waals surface area contributed by atoms with Crippen molar-refractivity contribution in [3.63, 3.8) is 0 Å². The molecule has 2 aromatic carbocycles. The van der Waals surface area contributed by atoms with Crippen LogP contribution in [0.5, 0.6) is 0 Å². The van der Waals surface area contributed by atoms with E-state index in [1.807, 2.05) is 64.1 Å². The van der Waals surface area contributed by atoms with Crippen molar-refractivity contribution in [2.75, 3.05) is 0 Å². The van der Waals surface area contributed by atoms with Crippen molar-refractivity contribution < 1.29 is 17.6 Å². The normalized spacial score (nSPS) is 13.4. The summed E-state index contributed by atoms with van der Waals surface area (Å²) in [7, 11) is 0. The van der Waals surface area contributed by atoms with Gasteiger partial charge in [0.05, 0.1) is 23.3 Å². The Hall–Kier alpha value is -3.15. The summed E-state index contributed by atoms with van der Waals surface area (Å²) in [6, 6.07) is 14.9. The Balaban J connectivity index is 2.28. The van der Waals surface area contributed by atoms with Crippen LogP contribution in [-0.4, -0.2) is 17.6 Å². The molecule has 0 atom stereocenters. The molecule has 1 heterocycles. The number of hydrogen-bond donors (Lipinski definition) is 0. The van der Waals surface area contributed by atoms with Gasteiger partial charge in [0.2, 0.25) is 0 Å². The van der Waals surface area contributed by atoms with Crippen LogP contribution >= 0.6 is 0 Å². The Bertz CT molecular complexity index is 1230. The number of hydrogen-bond acceptors (Lipinski definition) is 3. The van der Waals surface area contributed by atoms with Crippen molar-refractivity contribution >= 4 is 22.8 Å². The van der Waals surface area contributed by atoms with E-state index in [0.29, 0.717) is 17.1 Å². The molecule has 3 nitrogen and oxygen atoms in total. The summed E-state index contributed by atoms with van der Waals surface area (Å²) in [4.78, 5) is 9.24. The van der Waals surface area contributed by atoms with Gasteiger partial charge in [0.25, 0.3) is 0 Å². The Morgan fingerprint density at radius 2 is 1.08 bits per heavy atom. The molecule has 0 saturated carbocycles. The Labute approximate surface area is 224 Å². The van der Waals surface area contributed by atoms with Crippen molar-refractivity contribution in [2.45, 2.75) is 91.7 Å². The average molecular weight is 525 g/mol. The van der Waals surface area contributed by atoms with Crippen molar-refractivity contribution in [3.8, 4) is 0 Å². The summed E-state index contributed by atoms with van der Waals surface area (Å²) in [5.74, 6) is 0.634. The first-order chi connectivity index (χ1) is 17.8. The van der Waals surface area contributed by atoms with Crippen LogP contribution in [0.25, 0.3) is 0 Å². The lowest BCUT2D eigenvalue weighted by molar-refractivity contribution is -0.0597. The standard InChI is InChI=1S/C32H39F3N2O/c1-19(2)23-12-9-13-24(20(3)4)30(23)36-27(28-16-11-17-38-28)18-29(32(33,34)35)37-31-25(21(5)6)14-10-15-26(31)22(7)8/h9-17,19-22H,18H2,1-8H3. The lowest BCUT2D eigenvalue weighted by atomic mass is 9.92. The van der Waals surface area contributed by atoms with Crippen molar-refractivity contribution in [1.82, 2.24) is 0 Å². The third kappa shape index (κ3) is 6.83. The molecule has 0 aliphatic heterocycles. The third-order valence-electron chi connectivity index (χ3n) is 6.65. The van der Waals surface area contributed by atoms with Crippen LogP contribution in [0.4, 0.5) is 24.5 Å². The van der Waals surface area contributed by atoms with Crippen LogP contribution in [0, 0.1) is 0 Å². The second kappa shape index (κ2) is 12.1. The van der Waals surface area contributed by atoms with Gasteiger partial charge in [0.15, 0.2) is 0 Å². The molecule has 204 valence electrons. The highest BCUT2D eigenvalue weighted by Gasteiger charge is 2.37. The number of nitrogens with zero attached hydrogens (tertiary/aromatic N) is 2. The molecule has 1 aromatic heterocycles. The maximum Gasteiger partial charge on any atom is 0.429 e. The van der Waals surface area contributed by atoms with Gasteiger partial charge in [-0.15, -0.1) is 0 Å². The SMILES string of the molecule is CC(C)c1cccc(C(C)C)c1N=C(CC(=Nc1c(C(C)C)cccc1C(C)C)C(F)(F)F)c1ccco1. The minimum Gasteiger partial charge on any atom is -0.463 e. The number of rotatable bonds is 9. The number of alkyl halides is 3. The van der Waals surface area contributed by atoms with Gasteiger partial charge in [-0.2, -0.15) is 13.2 Å². The molecule has 38 heavy (non-hydrogen) atoms. The molecular weight excluding hydrogens is 485 g/mol. The van der Waals surface area contributed by atoms with E-state index < -0.39 is 18.3 Å². The number of benzene rings is 2. The number of furan rings is 1. The van der Waals surface area contributed by atoms with E-state index in [2.05, 4.69) is 32.7 Å². The predicted octanol–water partition coefficient (Wildman–Crippen LogP) is 10.6. The first kappa shape index (κ1) is 29.4. The van der Waals surface area contributed by atoms with Crippen LogP contribution < -0.4 is 0 Å². The van der Waals surface area contributed by atoms with E-state index in [-0.39, 0.29) is 29.4 Å². The van der Waals surface area contributed by atoms with Crippen molar-refractivity contribution in [1.29, 1.82) is 0 Å². The summed E-state index contributed by atoms with van der Waals surface area (Å²) in [6.45, 7) is 16.1. The van der Waals surface area contributed by atoms with Gasteiger partial charge in [-0.05, 0) is 58.1 Å². The summed E-state index contributed by atoms with van der Waals surface area (Å²) in [6.07, 6.45) is -3.70. The van der Waals surface area contributed by atoms with Crippen molar-refractivity contribution in [3.05, 3.63) is 82.8 Å². The van der Waals surface area contributed by atoms with Gasteiger partial charge in [-0.1, -0.05) is 91.8 Å². The van der Waals surface area contributed by atoms with E-state index >= 15 is 0 Å². The zero-order valence-corrected chi connectivity index (χ0v) is 23.6. The molecule has 0 bridgehead atoms. The Morgan fingerprint density at radius 3 is 1.42 bits per heavy atom. The maximum atomic E-state index is 14.6. The first-order valence-electron chi connectivity index (χ1n) is 13.3. The summed E-state index contributed by atoms with van der Waals surface area (Å²) < 4.78 is 49.4. The molecule has 0 radical (unpaired) electrons. The minimum absolute atomic E-state index is 0.0201. The van der Waals surface area contributed by atoms with E-state index in [4.69, 9.17) is 9.41 Å². The lowest BCUT2D eigenvalue weighted by Gasteiger charge is -2.20. The zero-order valence-electron chi connectivity index (χ0n) is 23.6. The highest BCUT2D eigenvalue weighted by molar-refractivity contribution is 6.14. The molecule has 0 fully saturated rings. The fraction of sp³-hybridized carbons (Fsp3) is 0.438. The van der Waals surface area contributed by atoms with E-state index in [0.717, 1.165) is 22.3 Å². The van der Waals surface area contributed by atoms with Gasteiger partial charge < -0.3 is 4.42 Å². The van der Waals surface area contributed by atoms with Crippen molar-refractivity contribution in [2.24, 2.45) is 9.98 Å². The van der Waals surface area contributed by atoms with Crippen LogP contribution in [0.1, 0.15) is 113 Å². The molecule has 0 N–H and O–H groups in total. The number of halogens is 3. The van der Waals surface area contributed by atoms with Gasteiger partial charge >= 0.3 is 6.18 Å². The van der Waals surface area contributed by atoms with Gasteiger partial charge in [-0.25, -0.2) is 9.98 Å². The van der Waals surface area contributed by atoms with E-state index in [1.54, 1.807) is 12.1 Å². The highest BCUT2D eigenvalue weighted by Crippen LogP contribution is 2.38. The van der Waals surface area contributed by atoms with Crippen LogP contribution in [0.2, 0.25) is 0 Å². The van der Waals surface area contributed by atoms with E-state index in [9.17, 15) is 13.2 Å². The van der Waals surface area contributed by atoms with Crippen LogP contribution in [0.3, 0.4) is 0 Å². The molecule has 0 unspecified atom stereocenters. The third-order valence-corrected chi connectivity index (χ3v) is 6.65. The second-order valence-electron chi connectivity index (χ2n) is 11.0. The van der Waals surface area contributed by atoms with Gasteiger partial charge in [0, 0.05) is 6.42 Å². The second-order valence-corrected chi connectivity index (χ2v) is 11.0. The number of para-hydroxylation sites is 2. The van der Waals surface area contributed by atoms with Crippen LogP contribution in [0.15, 0.2) is 69.2 Å². The number of aliphatic imine (C=N–C) groups is 2. The monoisotopic (exact) mass is 524 g/mol. The molecule has 0 amide bonds. The van der Waals surface area contributed by atoms with Crippen LogP contribution in [-0.2, 0) is 0 Å². The minimum atomic E-state index is -4.65. The molecule has 0 saturated heterocycles. The first-order valence-corrected chi connectivity index (χ1v) is 13.3. The zero-order chi connectivity index (χ0) is 28.2. The molecule has 0 aliphatic carbocycles. The van der Waals surface area contributed by atoms with Gasteiger partial charge in [0.1, 0.15) is 11.5 Å². The molecule has 3 rings (SSSR count). The summed E-state index contributed by atoms with van der Waals surface area (Å²) >= 11 is 0. The average Bonchev–Trinajstić information content (AvgIpc) is 3.36. The fourth-order valence-corrected chi connectivity index (χ4v) is 4.54. The molecule has 6 heteroatoms. The lowest BCUT2D eigenvalue weighted by Crippen LogP contribution is -2.26. The summed E-state index contributed by atoms with van der Waals surface area (Å²) in [5, 5.41) is 0. The molecule has 0 spiro atoms. The molecule has 3 aromatic rings. The topological polar surface area (TPSA) is 37.9 Å². The maximum absolute atomic E-state index is 14.6. The smallest absolute Gasteiger partial charge is 0.429 e. The highest BCUT2D eigenvalue weighted by atomic mass is 19.4. The predicted molar refractivity (Wildman–Crippen MR) is 152 cm³/mol. The summed E-state index contributed by atoms with van der Waals surface area (Å²) in [5.41, 5.74) is 3.97. The quantitative estimate of drug-likeness (QED) is 0.257. The fourth-order valence-electron chi connectivity index (χ4n) is 4.54. The van der Waals surface area contributed by atoms with Gasteiger partial charge in [-0.3, -0.25) is 0 Å². The molecule has 0 aliphatic rings. The largest absolute Gasteiger partial charge is 0.463 e. The Morgan fingerprint density at radius 1 is 0.658 bits per heavy atom. The molecular formula is C32H39F3N2O. The van der Waals surface area contributed by atoms with E-state index in [1.165, 1.54) is 6.26 Å². The Kier molecular flexibility index (Phi) is 9.40.